The normalized spacial score (nSPS) is 26.0. The fourth-order valence-corrected chi connectivity index (χ4v) is 3.55. The maximum absolute atomic E-state index is 10.7. The highest BCUT2D eigenvalue weighted by atomic mass is 16.3. The molecular weight excluding hydrogens is 220 g/mol. The van der Waals surface area contributed by atoms with Crippen LogP contribution in [0.3, 0.4) is 0 Å². The van der Waals surface area contributed by atoms with Gasteiger partial charge in [0.1, 0.15) is 0 Å². The number of aryl methyl sites for hydroxylation is 2. The largest absolute Gasteiger partial charge is 0.388 e. The van der Waals surface area contributed by atoms with Gasteiger partial charge in [0, 0.05) is 0 Å². The van der Waals surface area contributed by atoms with Gasteiger partial charge < -0.3 is 5.11 Å². The lowest BCUT2D eigenvalue weighted by molar-refractivity contribution is 0.0448. The minimum Gasteiger partial charge on any atom is -0.388 e. The minimum absolute atomic E-state index is 0.268. The third-order valence-electron chi connectivity index (χ3n) is 4.64. The molecule has 1 aliphatic rings. The Bertz CT molecular complexity index is 397. The predicted molar refractivity (Wildman–Crippen MR) is 76.6 cm³/mol. The van der Waals surface area contributed by atoms with Crippen LogP contribution < -0.4 is 0 Å². The maximum Gasteiger partial charge on any atom is 0.0823 e. The highest BCUT2D eigenvalue weighted by Gasteiger charge is 2.31. The summed E-state index contributed by atoms with van der Waals surface area (Å²) < 4.78 is 0. The van der Waals surface area contributed by atoms with Crippen LogP contribution in [-0.2, 0) is 0 Å². The second kappa shape index (κ2) is 5.88. The van der Waals surface area contributed by atoms with Gasteiger partial charge in [-0.25, -0.2) is 0 Å². The van der Waals surface area contributed by atoms with Crippen LogP contribution in [0.1, 0.15) is 61.8 Å². The number of aliphatic hydroxyl groups is 1. The Kier molecular flexibility index (Phi) is 4.45. The van der Waals surface area contributed by atoms with Crippen molar-refractivity contribution >= 4 is 0 Å². The molecule has 1 nitrogen and oxygen atoms in total. The molecule has 100 valence electrons. The average molecular weight is 246 g/mol. The van der Waals surface area contributed by atoms with Crippen molar-refractivity contribution < 1.29 is 5.11 Å². The van der Waals surface area contributed by atoms with Crippen molar-refractivity contribution in [1.29, 1.82) is 0 Å². The summed E-state index contributed by atoms with van der Waals surface area (Å²) in [4.78, 5) is 0. The highest BCUT2D eigenvalue weighted by Crippen LogP contribution is 2.40. The summed E-state index contributed by atoms with van der Waals surface area (Å²) in [7, 11) is 0. The summed E-state index contributed by atoms with van der Waals surface area (Å²) in [6.07, 6.45) is 6.04. The number of rotatable bonds is 3. The summed E-state index contributed by atoms with van der Waals surface area (Å²) in [5.41, 5.74) is 3.66. The first kappa shape index (κ1) is 13.6. The highest BCUT2D eigenvalue weighted by molar-refractivity contribution is 5.32. The van der Waals surface area contributed by atoms with Crippen molar-refractivity contribution in [2.75, 3.05) is 0 Å². The van der Waals surface area contributed by atoms with Gasteiger partial charge >= 0.3 is 0 Å². The van der Waals surface area contributed by atoms with E-state index in [0.29, 0.717) is 11.8 Å². The fourth-order valence-electron chi connectivity index (χ4n) is 3.55. The minimum atomic E-state index is -0.268. The standard InChI is InChI=1S/C17H26O/c1-4-14-7-5-6-8-16(14)17(18)15-10-9-12(2)11-13(15)3/h9-11,14,16-18H,4-8H2,1-3H3. The average Bonchev–Trinajstić information content (AvgIpc) is 2.38. The summed E-state index contributed by atoms with van der Waals surface area (Å²) in [5, 5.41) is 10.7. The third kappa shape index (κ3) is 2.77. The van der Waals surface area contributed by atoms with Crippen molar-refractivity contribution in [2.45, 2.75) is 59.0 Å². The molecule has 0 aliphatic heterocycles. The van der Waals surface area contributed by atoms with E-state index in [2.05, 4.69) is 39.0 Å². The molecule has 1 aromatic carbocycles. The zero-order valence-corrected chi connectivity index (χ0v) is 11.9. The van der Waals surface area contributed by atoms with Crippen LogP contribution in [0.15, 0.2) is 18.2 Å². The molecule has 0 heterocycles. The number of hydrogen-bond acceptors (Lipinski definition) is 1. The second-order valence-electron chi connectivity index (χ2n) is 5.92. The van der Waals surface area contributed by atoms with E-state index in [4.69, 9.17) is 0 Å². The fraction of sp³-hybridized carbons (Fsp3) is 0.647. The summed E-state index contributed by atoms with van der Waals surface area (Å²) in [6, 6.07) is 6.42. The molecule has 0 bridgehead atoms. The molecule has 0 radical (unpaired) electrons. The van der Waals surface area contributed by atoms with Gasteiger partial charge in [-0.1, -0.05) is 56.4 Å². The van der Waals surface area contributed by atoms with Crippen molar-refractivity contribution in [3.8, 4) is 0 Å². The molecule has 18 heavy (non-hydrogen) atoms. The van der Waals surface area contributed by atoms with E-state index in [-0.39, 0.29) is 6.10 Å². The van der Waals surface area contributed by atoms with Gasteiger partial charge in [0.25, 0.3) is 0 Å². The van der Waals surface area contributed by atoms with Gasteiger partial charge in [-0.15, -0.1) is 0 Å². The Morgan fingerprint density at radius 2 is 1.94 bits per heavy atom. The molecular formula is C17H26O. The predicted octanol–water partition coefficient (Wildman–Crippen LogP) is 4.55. The number of benzene rings is 1. The maximum atomic E-state index is 10.7. The molecule has 0 spiro atoms. The van der Waals surface area contributed by atoms with E-state index < -0.39 is 0 Å². The summed E-state index contributed by atoms with van der Waals surface area (Å²) >= 11 is 0. The smallest absolute Gasteiger partial charge is 0.0823 e. The molecule has 1 heteroatoms. The Labute approximate surface area is 111 Å². The zero-order chi connectivity index (χ0) is 13.1. The van der Waals surface area contributed by atoms with Gasteiger partial charge in [-0.05, 0) is 43.2 Å². The SMILES string of the molecule is CCC1CCCCC1C(O)c1ccc(C)cc1C. The van der Waals surface area contributed by atoms with E-state index in [9.17, 15) is 5.11 Å². The summed E-state index contributed by atoms with van der Waals surface area (Å²) in [6.45, 7) is 6.49. The molecule has 0 saturated heterocycles. The molecule has 3 atom stereocenters. The molecule has 1 fully saturated rings. The zero-order valence-electron chi connectivity index (χ0n) is 11.9. The van der Waals surface area contributed by atoms with Crippen LogP contribution in [0.4, 0.5) is 0 Å². The topological polar surface area (TPSA) is 20.2 Å². The Morgan fingerprint density at radius 3 is 2.61 bits per heavy atom. The molecule has 1 N–H and O–H groups in total. The molecule has 0 aromatic heterocycles. The van der Waals surface area contributed by atoms with Gasteiger partial charge in [-0.2, -0.15) is 0 Å². The van der Waals surface area contributed by atoms with Crippen LogP contribution >= 0.6 is 0 Å². The van der Waals surface area contributed by atoms with E-state index in [1.165, 1.54) is 43.2 Å². The molecule has 1 aromatic rings. The van der Waals surface area contributed by atoms with Gasteiger partial charge in [0.15, 0.2) is 0 Å². The van der Waals surface area contributed by atoms with Crippen LogP contribution in [0.5, 0.6) is 0 Å². The molecule has 1 saturated carbocycles. The Hall–Kier alpha value is -0.820. The third-order valence-corrected chi connectivity index (χ3v) is 4.64. The second-order valence-corrected chi connectivity index (χ2v) is 5.92. The molecule has 0 amide bonds. The van der Waals surface area contributed by atoms with E-state index in [1.807, 2.05) is 0 Å². The van der Waals surface area contributed by atoms with Gasteiger partial charge in [0.05, 0.1) is 6.10 Å². The molecule has 2 rings (SSSR count). The van der Waals surface area contributed by atoms with Crippen LogP contribution in [-0.4, -0.2) is 5.11 Å². The van der Waals surface area contributed by atoms with Crippen LogP contribution in [0, 0.1) is 25.7 Å². The first-order valence-electron chi connectivity index (χ1n) is 7.38. The number of aliphatic hydroxyl groups excluding tert-OH is 1. The lowest BCUT2D eigenvalue weighted by Crippen LogP contribution is -2.25. The molecule has 1 aliphatic carbocycles. The molecule has 3 unspecified atom stereocenters. The quantitative estimate of drug-likeness (QED) is 0.829. The Morgan fingerprint density at radius 1 is 1.22 bits per heavy atom. The first-order chi connectivity index (χ1) is 8.63. The van der Waals surface area contributed by atoms with Crippen LogP contribution in [0.25, 0.3) is 0 Å². The monoisotopic (exact) mass is 246 g/mol. The van der Waals surface area contributed by atoms with Gasteiger partial charge in [0.2, 0.25) is 0 Å². The van der Waals surface area contributed by atoms with E-state index in [0.717, 1.165) is 5.56 Å². The van der Waals surface area contributed by atoms with Crippen LogP contribution in [0.2, 0.25) is 0 Å². The summed E-state index contributed by atoms with van der Waals surface area (Å²) in [5.74, 6) is 1.17. The number of hydrogen-bond donors (Lipinski definition) is 1. The first-order valence-corrected chi connectivity index (χ1v) is 7.38. The van der Waals surface area contributed by atoms with Gasteiger partial charge in [-0.3, -0.25) is 0 Å². The Balaban J connectivity index is 2.20. The lowest BCUT2D eigenvalue weighted by atomic mass is 9.73. The van der Waals surface area contributed by atoms with Crippen molar-refractivity contribution in [3.05, 3.63) is 34.9 Å². The lowest BCUT2D eigenvalue weighted by Gasteiger charge is -2.35. The van der Waals surface area contributed by atoms with Crippen molar-refractivity contribution in [1.82, 2.24) is 0 Å². The van der Waals surface area contributed by atoms with E-state index >= 15 is 0 Å². The van der Waals surface area contributed by atoms with E-state index in [1.54, 1.807) is 0 Å². The van der Waals surface area contributed by atoms with Crippen molar-refractivity contribution in [3.63, 3.8) is 0 Å². The van der Waals surface area contributed by atoms with Crippen molar-refractivity contribution in [2.24, 2.45) is 11.8 Å².